The molecule has 5 heteroatoms. The van der Waals surface area contributed by atoms with Crippen LogP contribution >= 0.6 is 0 Å². The predicted molar refractivity (Wildman–Crippen MR) is 91.5 cm³/mol. The average Bonchev–Trinajstić information content (AvgIpc) is 2.58. The molecule has 2 aliphatic rings. The fraction of sp³-hybridized carbons (Fsp3) is 0.667. The number of likely N-dealkylation sites (tertiary alicyclic amines) is 1. The monoisotopic (exact) mass is 321 g/mol. The van der Waals surface area contributed by atoms with Gasteiger partial charge in [0.2, 0.25) is 0 Å². The highest BCUT2D eigenvalue weighted by Gasteiger charge is 2.20. The first kappa shape index (κ1) is 16.7. The fourth-order valence-corrected chi connectivity index (χ4v) is 3.33. The van der Waals surface area contributed by atoms with E-state index in [4.69, 9.17) is 4.74 Å². The van der Waals surface area contributed by atoms with Crippen LogP contribution in [0.4, 0.5) is 10.1 Å². The van der Waals surface area contributed by atoms with Crippen LogP contribution in [0, 0.1) is 12.7 Å². The normalized spacial score (nSPS) is 21.5. The Morgan fingerprint density at radius 1 is 1.09 bits per heavy atom. The molecular weight excluding hydrogens is 293 g/mol. The van der Waals surface area contributed by atoms with Crippen LogP contribution in [0.3, 0.4) is 0 Å². The summed E-state index contributed by atoms with van der Waals surface area (Å²) in [5.41, 5.74) is 1.60. The van der Waals surface area contributed by atoms with Crippen LogP contribution < -0.4 is 5.32 Å². The molecule has 3 rings (SSSR count). The maximum absolute atomic E-state index is 13.6. The number of halogens is 1. The van der Waals surface area contributed by atoms with Gasteiger partial charge in [-0.05, 0) is 37.5 Å². The zero-order valence-corrected chi connectivity index (χ0v) is 14.1. The van der Waals surface area contributed by atoms with Gasteiger partial charge in [-0.3, -0.25) is 4.90 Å². The maximum Gasteiger partial charge on any atom is 0.128 e. The summed E-state index contributed by atoms with van der Waals surface area (Å²) < 4.78 is 19.0. The second kappa shape index (κ2) is 8.08. The van der Waals surface area contributed by atoms with Crippen molar-refractivity contribution in [1.29, 1.82) is 0 Å². The van der Waals surface area contributed by atoms with E-state index in [0.29, 0.717) is 11.6 Å². The lowest BCUT2D eigenvalue weighted by Crippen LogP contribution is -2.45. The number of anilines is 1. The molecule has 1 aromatic carbocycles. The van der Waals surface area contributed by atoms with Crippen LogP contribution in [0.15, 0.2) is 18.2 Å². The van der Waals surface area contributed by atoms with Crippen molar-refractivity contribution in [3.05, 3.63) is 29.6 Å². The van der Waals surface area contributed by atoms with Crippen molar-refractivity contribution in [2.45, 2.75) is 25.8 Å². The molecule has 4 nitrogen and oxygen atoms in total. The van der Waals surface area contributed by atoms with Crippen LogP contribution in [0.25, 0.3) is 0 Å². The molecule has 0 aliphatic carbocycles. The summed E-state index contributed by atoms with van der Waals surface area (Å²) in [4.78, 5) is 5.03. The zero-order chi connectivity index (χ0) is 16.1. The van der Waals surface area contributed by atoms with Crippen LogP contribution in [-0.2, 0) is 4.74 Å². The lowest BCUT2D eigenvalue weighted by atomic mass is 10.0. The SMILES string of the molecule is Cc1ccc(NC2CCN(CCN3CCOCC3)CC2)cc1F. The quantitative estimate of drug-likeness (QED) is 0.901. The first-order valence-electron chi connectivity index (χ1n) is 8.76. The molecule has 0 bridgehead atoms. The van der Waals surface area contributed by atoms with E-state index in [2.05, 4.69) is 15.1 Å². The Bertz CT molecular complexity index is 497. The maximum atomic E-state index is 13.6. The van der Waals surface area contributed by atoms with Crippen molar-refractivity contribution in [2.75, 3.05) is 57.8 Å². The number of morpholine rings is 1. The van der Waals surface area contributed by atoms with Crippen LogP contribution in [0.5, 0.6) is 0 Å². The number of piperidine rings is 1. The highest BCUT2D eigenvalue weighted by Crippen LogP contribution is 2.19. The van der Waals surface area contributed by atoms with Crippen molar-refractivity contribution in [3.8, 4) is 0 Å². The van der Waals surface area contributed by atoms with Crippen LogP contribution in [-0.4, -0.2) is 68.3 Å². The molecule has 0 spiro atoms. The fourth-order valence-electron chi connectivity index (χ4n) is 3.33. The smallest absolute Gasteiger partial charge is 0.128 e. The van der Waals surface area contributed by atoms with Crippen LogP contribution in [0.1, 0.15) is 18.4 Å². The van der Waals surface area contributed by atoms with E-state index in [9.17, 15) is 4.39 Å². The minimum Gasteiger partial charge on any atom is -0.382 e. The van der Waals surface area contributed by atoms with Gasteiger partial charge >= 0.3 is 0 Å². The van der Waals surface area contributed by atoms with Crippen molar-refractivity contribution < 1.29 is 9.13 Å². The molecule has 23 heavy (non-hydrogen) atoms. The van der Waals surface area contributed by atoms with Gasteiger partial charge in [0.1, 0.15) is 5.82 Å². The molecular formula is C18H28FN3O. The summed E-state index contributed by atoms with van der Waals surface area (Å²) in [7, 11) is 0. The van der Waals surface area contributed by atoms with Gasteiger partial charge < -0.3 is 15.0 Å². The number of hydrogen-bond acceptors (Lipinski definition) is 4. The van der Waals surface area contributed by atoms with E-state index in [-0.39, 0.29) is 5.82 Å². The van der Waals surface area contributed by atoms with E-state index < -0.39 is 0 Å². The summed E-state index contributed by atoms with van der Waals surface area (Å²) in [5, 5.41) is 3.48. The Labute approximate surface area is 138 Å². The molecule has 0 amide bonds. The van der Waals surface area contributed by atoms with E-state index in [1.807, 2.05) is 12.1 Å². The van der Waals surface area contributed by atoms with Crippen molar-refractivity contribution in [3.63, 3.8) is 0 Å². The van der Waals surface area contributed by atoms with Gasteiger partial charge in [0.25, 0.3) is 0 Å². The van der Waals surface area contributed by atoms with Crippen molar-refractivity contribution >= 4 is 5.69 Å². The molecule has 1 N–H and O–H groups in total. The minimum atomic E-state index is -0.127. The Hall–Kier alpha value is -1.17. The van der Waals surface area contributed by atoms with Crippen molar-refractivity contribution in [2.24, 2.45) is 0 Å². The first-order valence-corrected chi connectivity index (χ1v) is 8.76. The topological polar surface area (TPSA) is 27.7 Å². The third kappa shape index (κ3) is 4.90. The van der Waals surface area contributed by atoms with Gasteiger partial charge in [0, 0.05) is 51.0 Å². The number of rotatable bonds is 5. The molecule has 2 heterocycles. The predicted octanol–water partition coefficient (Wildman–Crippen LogP) is 2.34. The summed E-state index contributed by atoms with van der Waals surface area (Å²) >= 11 is 0. The third-order valence-electron chi connectivity index (χ3n) is 4.97. The van der Waals surface area contributed by atoms with Gasteiger partial charge in [0.05, 0.1) is 13.2 Å². The zero-order valence-electron chi connectivity index (χ0n) is 14.1. The van der Waals surface area contributed by atoms with E-state index >= 15 is 0 Å². The summed E-state index contributed by atoms with van der Waals surface area (Å²) in [6.45, 7) is 10.2. The highest BCUT2D eigenvalue weighted by molar-refractivity contribution is 5.46. The molecule has 128 valence electrons. The van der Waals surface area contributed by atoms with Crippen LogP contribution in [0.2, 0.25) is 0 Å². The van der Waals surface area contributed by atoms with E-state index in [1.54, 1.807) is 13.0 Å². The van der Waals surface area contributed by atoms with Gasteiger partial charge in [-0.2, -0.15) is 0 Å². The molecule has 1 aromatic rings. The molecule has 0 saturated carbocycles. The molecule has 2 saturated heterocycles. The minimum absolute atomic E-state index is 0.127. The summed E-state index contributed by atoms with van der Waals surface area (Å²) in [6, 6.07) is 5.88. The Kier molecular flexibility index (Phi) is 5.86. The summed E-state index contributed by atoms with van der Waals surface area (Å²) in [6.07, 6.45) is 2.25. The number of hydrogen-bond donors (Lipinski definition) is 1. The average molecular weight is 321 g/mol. The van der Waals surface area contributed by atoms with Gasteiger partial charge in [-0.1, -0.05) is 6.07 Å². The molecule has 0 atom stereocenters. The lowest BCUT2D eigenvalue weighted by molar-refractivity contribution is 0.0322. The molecule has 0 radical (unpaired) electrons. The Balaban J connectivity index is 1.38. The van der Waals surface area contributed by atoms with E-state index in [0.717, 1.165) is 71.0 Å². The number of nitrogens with one attached hydrogen (secondary N) is 1. The second-order valence-corrected chi connectivity index (χ2v) is 6.68. The Morgan fingerprint density at radius 2 is 1.74 bits per heavy atom. The van der Waals surface area contributed by atoms with Gasteiger partial charge in [-0.15, -0.1) is 0 Å². The third-order valence-corrected chi connectivity index (χ3v) is 4.97. The van der Waals surface area contributed by atoms with E-state index in [1.165, 1.54) is 0 Å². The second-order valence-electron chi connectivity index (χ2n) is 6.68. The molecule has 2 aliphatic heterocycles. The lowest BCUT2D eigenvalue weighted by Gasteiger charge is -2.35. The number of aryl methyl sites for hydroxylation is 1. The molecule has 0 aromatic heterocycles. The molecule has 2 fully saturated rings. The standard InChI is InChI=1S/C18H28FN3O/c1-15-2-3-17(14-18(15)19)20-16-4-6-21(7-5-16)8-9-22-10-12-23-13-11-22/h2-3,14,16,20H,4-13H2,1H3. The van der Waals surface area contributed by atoms with Crippen molar-refractivity contribution in [1.82, 2.24) is 9.80 Å². The first-order chi connectivity index (χ1) is 11.2. The van der Waals surface area contributed by atoms with Gasteiger partial charge in [0.15, 0.2) is 0 Å². The Morgan fingerprint density at radius 3 is 2.39 bits per heavy atom. The largest absolute Gasteiger partial charge is 0.382 e. The highest BCUT2D eigenvalue weighted by atomic mass is 19.1. The number of ether oxygens (including phenoxy) is 1. The summed E-state index contributed by atoms with van der Waals surface area (Å²) in [5.74, 6) is -0.127. The molecule has 0 unspecified atom stereocenters. The number of benzene rings is 1. The number of nitrogens with zero attached hydrogens (tertiary/aromatic N) is 2. The van der Waals surface area contributed by atoms with Gasteiger partial charge in [-0.25, -0.2) is 4.39 Å².